The summed E-state index contributed by atoms with van der Waals surface area (Å²) in [5.74, 6) is 2.01. The van der Waals surface area contributed by atoms with Crippen LogP contribution in [0.3, 0.4) is 0 Å². The first-order valence-corrected chi connectivity index (χ1v) is 5.71. The summed E-state index contributed by atoms with van der Waals surface area (Å²) in [4.78, 5) is 1.57. The number of hydrogen-bond acceptors (Lipinski definition) is 0. The van der Waals surface area contributed by atoms with E-state index in [1.54, 1.807) is 10.5 Å². The van der Waals surface area contributed by atoms with Crippen LogP contribution in [0.5, 0.6) is 0 Å². The first-order valence-electron chi connectivity index (χ1n) is 4.83. The minimum absolute atomic E-state index is 0.966. The molecule has 0 aromatic rings. The molecule has 0 radical (unpaired) electrons. The summed E-state index contributed by atoms with van der Waals surface area (Å²) in [6, 6.07) is 0. The van der Waals surface area contributed by atoms with Crippen molar-refractivity contribution >= 4 is 16.7 Å². The van der Waals surface area contributed by atoms with E-state index in [1.165, 1.54) is 25.7 Å². The van der Waals surface area contributed by atoms with Crippen LogP contribution in [0.2, 0.25) is 0 Å². The van der Waals surface area contributed by atoms with Crippen LogP contribution in [0.4, 0.5) is 0 Å². The van der Waals surface area contributed by atoms with Gasteiger partial charge in [0.1, 0.15) is 0 Å². The first-order chi connectivity index (χ1) is 5.93. The van der Waals surface area contributed by atoms with E-state index < -0.39 is 0 Å². The molecule has 0 aromatic heterocycles. The van der Waals surface area contributed by atoms with Gasteiger partial charge in [-0.05, 0) is 43.1 Å². The van der Waals surface area contributed by atoms with Crippen molar-refractivity contribution in [3.05, 3.63) is 22.6 Å². The Kier molecular flexibility index (Phi) is 1.48. The van der Waals surface area contributed by atoms with Crippen molar-refractivity contribution in [3.63, 3.8) is 0 Å². The number of fused-ring (bicyclic) bond motifs is 2. The molecule has 3 rings (SSSR count). The Morgan fingerprint density at radius 2 is 2.33 bits per heavy atom. The lowest BCUT2D eigenvalue weighted by molar-refractivity contribution is 0.560. The summed E-state index contributed by atoms with van der Waals surface area (Å²) in [6.07, 6.45) is 10.3. The van der Waals surface area contributed by atoms with Crippen LogP contribution >= 0.6 is 0 Å². The lowest BCUT2D eigenvalue weighted by Gasteiger charge is -2.10. The molecule has 0 N–H and O–H groups in total. The maximum Gasteiger partial charge on any atom is 0.230 e. The Morgan fingerprint density at radius 1 is 1.33 bits per heavy atom. The van der Waals surface area contributed by atoms with Crippen molar-refractivity contribution in [2.45, 2.75) is 25.7 Å². The van der Waals surface area contributed by atoms with Gasteiger partial charge in [0.05, 0.1) is 0 Å². The molecule has 1 heteroatoms. The van der Waals surface area contributed by atoms with Crippen LogP contribution in [-0.2, 0) is 11.4 Å². The zero-order valence-corrected chi connectivity index (χ0v) is 7.94. The molecule has 1 aliphatic heterocycles. The molecule has 2 fully saturated rings. The van der Waals surface area contributed by atoms with Crippen molar-refractivity contribution in [1.29, 1.82) is 0 Å². The molecule has 0 spiro atoms. The lowest BCUT2D eigenvalue weighted by Crippen LogP contribution is -2.00. The Bertz CT molecular complexity index is 282. The van der Waals surface area contributed by atoms with E-state index in [0.29, 0.717) is 0 Å². The van der Waals surface area contributed by atoms with E-state index in [-0.39, 0.29) is 0 Å². The smallest absolute Gasteiger partial charge is 0.0495 e. The molecule has 2 saturated carbocycles. The first kappa shape index (κ1) is 7.02. The SMILES string of the molecule is C1=C/C(=C2/CC3CCC2C3)[S+]=C1. The van der Waals surface area contributed by atoms with E-state index in [9.17, 15) is 0 Å². The molecular formula is C11H13S+. The molecule has 0 aromatic carbocycles. The predicted molar refractivity (Wildman–Crippen MR) is 55.0 cm³/mol. The Balaban J connectivity index is 1.99. The second-order valence-corrected chi connectivity index (χ2v) is 5.03. The molecule has 2 aliphatic carbocycles. The van der Waals surface area contributed by atoms with Gasteiger partial charge in [0.25, 0.3) is 0 Å². The zero-order valence-electron chi connectivity index (χ0n) is 7.12. The average molecular weight is 177 g/mol. The minimum atomic E-state index is 0.966. The van der Waals surface area contributed by atoms with Crippen molar-refractivity contribution in [3.8, 4) is 0 Å². The van der Waals surface area contributed by atoms with Crippen LogP contribution in [0.15, 0.2) is 22.6 Å². The third kappa shape index (κ3) is 0.925. The summed E-state index contributed by atoms with van der Waals surface area (Å²) >= 11 is 1.92. The van der Waals surface area contributed by atoms with Gasteiger partial charge < -0.3 is 0 Å². The number of rotatable bonds is 0. The third-order valence-corrected chi connectivity index (χ3v) is 4.33. The highest BCUT2D eigenvalue weighted by atomic mass is 32.1. The molecule has 2 bridgehead atoms. The van der Waals surface area contributed by atoms with E-state index in [2.05, 4.69) is 17.5 Å². The molecule has 0 amide bonds. The van der Waals surface area contributed by atoms with E-state index in [4.69, 9.17) is 0 Å². The highest BCUT2D eigenvalue weighted by Crippen LogP contribution is 2.49. The average Bonchev–Trinajstić information content (AvgIpc) is 2.81. The minimum Gasteiger partial charge on any atom is -0.0495 e. The molecule has 2 unspecified atom stereocenters. The quantitative estimate of drug-likeness (QED) is 0.394. The van der Waals surface area contributed by atoms with Crippen LogP contribution in [0.25, 0.3) is 0 Å². The molecule has 3 aliphatic rings. The maximum absolute atomic E-state index is 2.29. The third-order valence-electron chi connectivity index (χ3n) is 3.38. The predicted octanol–water partition coefficient (Wildman–Crippen LogP) is 2.52. The van der Waals surface area contributed by atoms with Crippen LogP contribution in [0.1, 0.15) is 25.7 Å². The fourth-order valence-electron chi connectivity index (χ4n) is 2.82. The van der Waals surface area contributed by atoms with Crippen molar-refractivity contribution in [2.75, 3.05) is 0 Å². The van der Waals surface area contributed by atoms with E-state index >= 15 is 0 Å². The second kappa shape index (κ2) is 2.53. The molecule has 0 nitrogen and oxygen atoms in total. The van der Waals surface area contributed by atoms with Gasteiger partial charge in [-0.25, -0.2) is 0 Å². The van der Waals surface area contributed by atoms with Gasteiger partial charge in [0, 0.05) is 12.2 Å². The van der Waals surface area contributed by atoms with Gasteiger partial charge in [-0.3, -0.25) is 0 Å². The number of allylic oxidation sites excluding steroid dienone is 3. The summed E-state index contributed by atoms with van der Waals surface area (Å²) < 4.78 is 0. The maximum atomic E-state index is 2.29. The molecular weight excluding hydrogens is 164 g/mol. The molecule has 0 saturated heterocycles. The summed E-state index contributed by atoms with van der Waals surface area (Å²) in [5.41, 5.74) is 1.78. The normalized spacial score (nSPS) is 43.3. The van der Waals surface area contributed by atoms with Gasteiger partial charge >= 0.3 is 0 Å². The van der Waals surface area contributed by atoms with Crippen molar-refractivity contribution < 1.29 is 0 Å². The van der Waals surface area contributed by atoms with E-state index in [0.717, 1.165) is 11.8 Å². The van der Waals surface area contributed by atoms with Gasteiger partial charge in [-0.1, -0.05) is 0 Å². The Morgan fingerprint density at radius 3 is 2.92 bits per heavy atom. The van der Waals surface area contributed by atoms with Gasteiger partial charge in [-0.15, -0.1) is 0 Å². The lowest BCUT2D eigenvalue weighted by atomic mass is 9.94. The fraction of sp³-hybridized carbons (Fsp3) is 0.545. The second-order valence-electron chi connectivity index (χ2n) is 4.08. The summed E-state index contributed by atoms with van der Waals surface area (Å²) in [6.45, 7) is 0. The van der Waals surface area contributed by atoms with E-state index in [1.807, 2.05) is 11.4 Å². The molecule has 62 valence electrons. The van der Waals surface area contributed by atoms with Gasteiger partial charge in [0.15, 0.2) is 5.37 Å². The molecule has 2 atom stereocenters. The standard InChI is InChI=1S/C11H13S/c1-2-11(12-5-1)10-7-8-3-4-9(10)6-8/h1-2,5,8-9H,3-4,6-7H2/q+1/b11-10+. The topological polar surface area (TPSA) is 0 Å². The Labute approximate surface area is 77.3 Å². The van der Waals surface area contributed by atoms with Crippen molar-refractivity contribution in [1.82, 2.24) is 0 Å². The van der Waals surface area contributed by atoms with Crippen LogP contribution in [0, 0.1) is 11.8 Å². The highest BCUT2D eigenvalue weighted by Gasteiger charge is 2.39. The molecule has 12 heavy (non-hydrogen) atoms. The van der Waals surface area contributed by atoms with Gasteiger partial charge in [-0.2, -0.15) is 0 Å². The van der Waals surface area contributed by atoms with Crippen LogP contribution in [-0.4, -0.2) is 5.37 Å². The monoisotopic (exact) mass is 177 g/mol. The Hall–Kier alpha value is -0.430. The van der Waals surface area contributed by atoms with Crippen LogP contribution < -0.4 is 0 Å². The highest BCUT2D eigenvalue weighted by molar-refractivity contribution is 7.82. The van der Waals surface area contributed by atoms with Crippen molar-refractivity contribution in [2.24, 2.45) is 11.8 Å². The molecule has 1 heterocycles. The summed E-state index contributed by atoms with van der Waals surface area (Å²) in [7, 11) is 0. The number of hydrogen-bond donors (Lipinski definition) is 0. The largest absolute Gasteiger partial charge is 0.230 e. The zero-order chi connectivity index (χ0) is 7.97. The summed E-state index contributed by atoms with van der Waals surface area (Å²) in [5, 5.41) is 2.20. The fourth-order valence-corrected chi connectivity index (χ4v) is 3.68. The van der Waals surface area contributed by atoms with Gasteiger partial charge in [0.2, 0.25) is 16.3 Å².